The molecule has 1 atom stereocenters. The molecule has 1 heterocycles. The number of hydrogen-bond donors (Lipinski definition) is 0. The van der Waals surface area contributed by atoms with Gasteiger partial charge in [0.15, 0.2) is 0 Å². The highest BCUT2D eigenvalue weighted by molar-refractivity contribution is 5.80. The van der Waals surface area contributed by atoms with E-state index >= 15 is 0 Å². The average molecular weight is 298 g/mol. The Hall–Kier alpha value is -1.10. The van der Waals surface area contributed by atoms with Gasteiger partial charge >= 0.3 is 11.9 Å². The summed E-state index contributed by atoms with van der Waals surface area (Å²) in [4.78, 5) is 24.0. The summed E-state index contributed by atoms with van der Waals surface area (Å²) in [7, 11) is 3.12. The van der Waals surface area contributed by atoms with Crippen LogP contribution in [-0.4, -0.2) is 37.9 Å². The van der Waals surface area contributed by atoms with Gasteiger partial charge in [0.2, 0.25) is 0 Å². The third kappa shape index (κ3) is 2.68. The van der Waals surface area contributed by atoms with Crippen LogP contribution in [0.15, 0.2) is 0 Å². The molecule has 5 nitrogen and oxygen atoms in total. The van der Waals surface area contributed by atoms with E-state index < -0.39 is 11.0 Å². The van der Waals surface area contributed by atoms with Crippen LogP contribution in [0.5, 0.6) is 0 Å². The second-order valence-corrected chi connectivity index (χ2v) is 6.69. The summed E-state index contributed by atoms with van der Waals surface area (Å²) in [6, 6.07) is 0. The summed E-state index contributed by atoms with van der Waals surface area (Å²) in [5.41, 5.74) is -1.58. The minimum Gasteiger partial charge on any atom is -0.468 e. The maximum absolute atomic E-state index is 12.3. The number of rotatable bonds is 4. The van der Waals surface area contributed by atoms with Gasteiger partial charge in [0, 0.05) is 19.4 Å². The molecule has 0 unspecified atom stereocenters. The summed E-state index contributed by atoms with van der Waals surface area (Å²) in [5.74, 6) is -0.337. The van der Waals surface area contributed by atoms with Gasteiger partial charge in [-0.15, -0.1) is 0 Å². The van der Waals surface area contributed by atoms with Gasteiger partial charge in [-0.2, -0.15) is 0 Å². The van der Waals surface area contributed by atoms with Crippen LogP contribution in [-0.2, 0) is 23.8 Å². The number of ether oxygens (including phenoxy) is 3. The minimum atomic E-state index is -0.835. The Kier molecular flexibility index (Phi) is 4.61. The standard InChI is InChI=1S/C16H26O5/c1-15(2,14(18)20-4)16(10-9-13(17)21-16)11-5-7-12(19-3)8-6-11/h11-12H,5-10H2,1-4H3/t11?,12?,16-/m1/s1. The van der Waals surface area contributed by atoms with E-state index in [1.807, 2.05) is 13.8 Å². The van der Waals surface area contributed by atoms with E-state index in [-0.39, 0.29) is 24.0 Å². The first-order chi connectivity index (χ1) is 9.87. The van der Waals surface area contributed by atoms with Crippen molar-refractivity contribution in [3.63, 3.8) is 0 Å². The molecule has 0 N–H and O–H groups in total. The lowest BCUT2D eigenvalue weighted by atomic mass is 9.62. The Morgan fingerprint density at radius 1 is 1.24 bits per heavy atom. The zero-order valence-corrected chi connectivity index (χ0v) is 13.4. The zero-order chi connectivity index (χ0) is 15.7. The fourth-order valence-electron chi connectivity index (χ4n) is 4.02. The molecular weight excluding hydrogens is 272 g/mol. The third-order valence-corrected chi connectivity index (χ3v) is 5.42. The molecule has 21 heavy (non-hydrogen) atoms. The Bertz CT molecular complexity index is 409. The molecule has 0 bridgehead atoms. The second kappa shape index (κ2) is 5.95. The lowest BCUT2D eigenvalue weighted by molar-refractivity contribution is -0.189. The Labute approximate surface area is 126 Å². The SMILES string of the molecule is COC(=O)C(C)(C)[C@]1(C2CCC(OC)CC2)CCC(=O)O1. The molecule has 0 aromatic heterocycles. The van der Waals surface area contributed by atoms with Gasteiger partial charge in [-0.1, -0.05) is 0 Å². The fourth-order valence-corrected chi connectivity index (χ4v) is 4.02. The van der Waals surface area contributed by atoms with Crippen molar-refractivity contribution in [3.8, 4) is 0 Å². The molecule has 0 aromatic carbocycles. The summed E-state index contributed by atoms with van der Waals surface area (Å²) >= 11 is 0. The molecule has 120 valence electrons. The molecule has 2 aliphatic rings. The van der Waals surface area contributed by atoms with Crippen molar-refractivity contribution in [3.05, 3.63) is 0 Å². The van der Waals surface area contributed by atoms with Gasteiger partial charge in [-0.3, -0.25) is 9.59 Å². The second-order valence-electron chi connectivity index (χ2n) is 6.69. The van der Waals surface area contributed by atoms with Crippen molar-refractivity contribution < 1.29 is 23.8 Å². The van der Waals surface area contributed by atoms with Crippen LogP contribution < -0.4 is 0 Å². The van der Waals surface area contributed by atoms with Crippen LogP contribution in [0.4, 0.5) is 0 Å². The molecule has 1 saturated heterocycles. The molecule has 0 aromatic rings. The van der Waals surface area contributed by atoms with E-state index in [1.54, 1.807) is 7.11 Å². The number of esters is 2. The predicted molar refractivity (Wildman–Crippen MR) is 76.6 cm³/mol. The zero-order valence-electron chi connectivity index (χ0n) is 13.4. The van der Waals surface area contributed by atoms with Gasteiger partial charge in [0.05, 0.1) is 13.2 Å². The van der Waals surface area contributed by atoms with Crippen molar-refractivity contribution in [1.82, 2.24) is 0 Å². The van der Waals surface area contributed by atoms with Crippen molar-refractivity contribution >= 4 is 11.9 Å². The molecule has 1 aliphatic heterocycles. The summed E-state index contributed by atoms with van der Waals surface area (Å²) in [6.45, 7) is 3.67. The van der Waals surface area contributed by atoms with Crippen molar-refractivity contribution in [2.75, 3.05) is 14.2 Å². The van der Waals surface area contributed by atoms with Crippen LogP contribution in [0.3, 0.4) is 0 Å². The maximum atomic E-state index is 12.3. The quantitative estimate of drug-likeness (QED) is 0.746. The normalized spacial score (nSPS) is 33.6. The first kappa shape index (κ1) is 16.3. The smallest absolute Gasteiger partial charge is 0.315 e. The molecule has 1 saturated carbocycles. The highest BCUT2D eigenvalue weighted by Crippen LogP contribution is 2.52. The molecule has 5 heteroatoms. The molecule has 0 amide bonds. The van der Waals surface area contributed by atoms with Crippen molar-refractivity contribution in [1.29, 1.82) is 0 Å². The largest absolute Gasteiger partial charge is 0.468 e. The number of cyclic esters (lactones) is 1. The van der Waals surface area contributed by atoms with E-state index in [0.29, 0.717) is 12.8 Å². The van der Waals surface area contributed by atoms with Crippen molar-refractivity contribution in [2.45, 2.75) is 64.1 Å². The van der Waals surface area contributed by atoms with Crippen LogP contribution >= 0.6 is 0 Å². The predicted octanol–water partition coefficient (Wildman–Crippen LogP) is 2.47. The van der Waals surface area contributed by atoms with Crippen molar-refractivity contribution in [2.24, 2.45) is 11.3 Å². The third-order valence-electron chi connectivity index (χ3n) is 5.42. The van der Waals surface area contributed by atoms with E-state index in [1.165, 1.54) is 7.11 Å². The first-order valence-corrected chi connectivity index (χ1v) is 7.70. The van der Waals surface area contributed by atoms with E-state index in [0.717, 1.165) is 25.7 Å². The van der Waals surface area contributed by atoms with Gasteiger partial charge in [-0.05, 0) is 46.0 Å². The van der Waals surface area contributed by atoms with Gasteiger partial charge in [0.25, 0.3) is 0 Å². The number of methoxy groups -OCH3 is 2. The van der Waals surface area contributed by atoms with E-state index in [2.05, 4.69) is 0 Å². The van der Waals surface area contributed by atoms with E-state index in [9.17, 15) is 9.59 Å². The molecule has 0 spiro atoms. The van der Waals surface area contributed by atoms with Crippen LogP contribution in [0.2, 0.25) is 0 Å². The number of hydrogen-bond acceptors (Lipinski definition) is 5. The molecule has 2 rings (SSSR count). The van der Waals surface area contributed by atoms with Crippen LogP contribution in [0, 0.1) is 11.3 Å². The number of carbonyl (C=O) groups is 2. The first-order valence-electron chi connectivity index (χ1n) is 7.70. The average Bonchev–Trinajstić information content (AvgIpc) is 2.90. The van der Waals surface area contributed by atoms with Crippen LogP contribution in [0.25, 0.3) is 0 Å². The van der Waals surface area contributed by atoms with Gasteiger partial charge in [0.1, 0.15) is 11.0 Å². The molecule has 0 radical (unpaired) electrons. The highest BCUT2D eigenvalue weighted by Gasteiger charge is 2.60. The fraction of sp³-hybridized carbons (Fsp3) is 0.875. The summed E-state index contributed by atoms with van der Waals surface area (Å²) < 4.78 is 16.1. The highest BCUT2D eigenvalue weighted by atomic mass is 16.6. The van der Waals surface area contributed by atoms with Gasteiger partial charge in [-0.25, -0.2) is 0 Å². The Morgan fingerprint density at radius 3 is 2.29 bits per heavy atom. The lowest BCUT2D eigenvalue weighted by Crippen LogP contribution is -2.55. The topological polar surface area (TPSA) is 61.8 Å². The van der Waals surface area contributed by atoms with Gasteiger partial charge < -0.3 is 14.2 Å². The monoisotopic (exact) mass is 298 g/mol. The molecule has 2 fully saturated rings. The van der Waals surface area contributed by atoms with Crippen LogP contribution in [0.1, 0.15) is 52.4 Å². The Morgan fingerprint density at radius 2 is 1.86 bits per heavy atom. The molecule has 1 aliphatic carbocycles. The Balaban J connectivity index is 2.27. The minimum absolute atomic E-state index is 0.185. The molecular formula is C16H26O5. The summed E-state index contributed by atoms with van der Waals surface area (Å²) in [6.07, 6.45) is 4.95. The number of carbonyl (C=O) groups excluding carboxylic acids is 2. The lowest BCUT2D eigenvalue weighted by Gasteiger charge is -2.47. The van der Waals surface area contributed by atoms with E-state index in [4.69, 9.17) is 14.2 Å². The summed E-state index contributed by atoms with van der Waals surface area (Å²) in [5, 5.41) is 0. The maximum Gasteiger partial charge on any atom is 0.315 e.